The van der Waals surface area contributed by atoms with E-state index in [1.54, 1.807) is 37.4 Å². The van der Waals surface area contributed by atoms with Crippen molar-refractivity contribution in [3.63, 3.8) is 0 Å². The maximum absolute atomic E-state index is 14.3. The van der Waals surface area contributed by atoms with Crippen LogP contribution < -0.4 is 15.1 Å². The van der Waals surface area contributed by atoms with Crippen molar-refractivity contribution in [1.82, 2.24) is 0 Å². The third-order valence-corrected chi connectivity index (χ3v) is 6.26. The number of methoxy groups -OCH3 is 1. The molecule has 6 heteroatoms. The van der Waals surface area contributed by atoms with Crippen molar-refractivity contribution in [2.24, 2.45) is 0 Å². The number of furan rings is 1. The molecule has 6 rings (SSSR count). The molecular formula is C31H21FO5. The second-order valence-corrected chi connectivity index (χ2v) is 8.56. The lowest BCUT2D eigenvalue weighted by Gasteiger charge is -2.14. The third-order valence-electron chi connectivity index (χ3n) is 6.26. The van der Waals surface area contributed by atoms with Gasteiger partial charge in [0.05, 0.1) is 7.11 Å². The molecule has 0 saturated heterocycles. The first kappa shape index (κ1) is 22.6. The zero-order chi connectivity index (χ0) is 25.4. The molecule has 0 radical (unpaired) electrons. The van der Waals surface area contributed by atoms with Crippen LogP contribution in [-0.4, -0.2) is 7.11 Å². The fraction of sp³-hybridized carbons (Fsp3) is 0.0645. The van der Waals surface area contributed by atoms with Gasteiger partial charge in [-0.15, -0.1) is 0 Å². The monoisotopic (exact) mass is 492 g/mol. The molecule has 5 nitrogen and oxygen atoms in total. The summed E-state index contributed by atoms with van der Waals surface area (Å²) in [5.41, 5.74) is 3.04. The smallest absolute Gasteiger partial charge is 0.336 e. The lowest BCUT2D eigenvalue weighted by Crippen LogP contribution is -2.02. The minimum Gasteiger partial charge on any atom is -0.493 e. The van der Waals surface area contributed by atoms with Gasteiger partial charge in [0.15, 0.2) is 11.3 Å². The molecule has 0 aliphatic rings. The molecule has 6 aromatic rings. The van der Waals surface area contributed by atoms with E-state index in [0.717, 1.165) is 16.5 Å². The van der Waals surface area contributed by atoms with Crippen LogP contribution in [0.4, 0.5) is 4.39 Å². The summed E-state index contributed by atoms with van der Waals surface area (Å²) in [6, 6.07) is 28.5. The molecule has 0 aliphatic carbocycles. The third kappa shape index (κ3) is 4.23. The standard InChI is InChI=1S/C31H21FO5/c1-34-26-13-7-11-20-14-28(37-31(20)26)24-17-30(33)36-29-15-22(19-8-3-2-4-9-19)27(16-23(24)29)35-18-21-10-5-6-12-25(21)32/h2-17H,18H2,1H3. The number of halogens is 1. The van der Waals surface area contributed by atoms with Crippen molar-refractivity contribution >= 4 is 21.9 Å². The van der Waals surface area contributed by atoms with E-state index in [2.05, 4.69) is 0 Å². The Morgan fingerprint density at radius 2 is 1.59 bits per heavy atom. The van der Waals surface area contributed by atoms with Crippen LogP contribution in [-0.2, 0) is 6.61 Å². The summed E-state index contributed by atoms with van der Waals surface area (Å²) in [7, 11) is 1.58. The van der Waals surface area contributed by atoms with Gasteiger partial charge >= 0.3 is 5.63 Å². The molecule has 4 aromatic carbocycles. The first-order valence-corrected chi connectivity index (χ1v) is 11.7. The van der Waals surface area contributed by atoms with Gasteiger partial charge in [0, 0.05) is 33.5 Å². The first-order valence-electron chi connectivity index (χ1n) is 11.7. The second-order valence-electron chi connectivity index (χ2n) is 8.56. The van der Waals surface area contributed by atoms with Gasteiger partial charge in [-0.25, -0.2) is 9.18 Å². The van der Waals surface area contributed by atoms with Crippen molar-refractivity contribution in [2.45, 2.75) is 6.61 Å². The highest BCUT2D eigenvalue weighted by Gasteiger charge is 2.18. The van der Waals surface area contributed by atoms with Crippen LogP contribution in [0.2, 0.25) is 0 Å². The van der Waals surface area contributed by atoms with E-state index in [0.29, 0.717) is 44.9 Å². The van der Waals surface area contributed by atoms with Gasteiger partial charge in [0.1, 0.15) is 29.5 Å². The van der Waals surface area contributed by atoms with E-state index in [1.807, 2.05) is 54.6 Å². The molecular weight excluding hydrogens is 471 g/mol. The van der Waals surface area contributed by atoms with Crippen molar-refractivity contribution in [3.05, 3.63) is 119 Å². The topological polar surface area (TPSA) is 61.8 Å². The molecule has 37 heavy (non-hydrogen) atoms. The quantitative estimate of drug-likeness (QED) is 0.224. The van der Waals surface area contributed by atoms with Gasteiger partial charge in [0.25, 0.3) is 0 Å². The molecule has 0 N–H and O–H groups in total. The maximum atomic E-state index is 14.3. The van der Waals surface area contributed by atoms with Crippen molar-refractivity contribution < 1.29 is 22.7 Å². The number of hydrogen-bond donors (Lipinski definition) is 0. The number of fused-ring (bicyclic) bond motifs is 2. The van der Waals surface area contributed by atoms with Crippen LogP contribution in [0.15, 0.2) is 111 Å². The molecule has 0 aliphatic heterocycles. The normalized spacial score (nSPS) is 11.2. The number of hydrogen-bond acceptors (Lipinski definition) is 5. The first-order chi connectivity index (χ1) is 18.1. The fourth-order valence-corrected chi connectivity index (χ4v) is 4.46. The Hall–Kier alpha value is -4.84. The molecule has 2 heterocycles. The van der Waals surface area contributed by atoms with Crippen molar-refractivity contribution in [3.8, 4) is 33.9 Å². The number of ether oxygens (including phenoxy) is 2. The van der Waals surface area contributed by atoms with Crippen LogP contribution in [0.5, 0.6) is 11.5 Å². The molecule has 0 spiro atoms. The molecule has 0 amide bonds. The van der Waals surface area contributed by atoms with Gasteiger partial charge < -0.3 is 18.3 Å². The minimum absolute atomic E-state index is 0.0337. The summed E-state index contributed by atoms with van der Waals surface area (Å²) in [5, 5.41) is 1.47. The molecule has 182 valence electrons. The Labute approximate surface area is 211 Å². The van der Waals surface area contributed by atoms with Crippen LogP contribution in [0.25, 0.3) is 44.4 Å². The predicted octanol–water partition coefficient (Wildman–Crippen LogP) is 7.60. The zero-order valence-corrected chi connectivity index (χ0v) is 19.9. The van der Waals surface area contributed by atoms with E-state index in [4.69, 9.17) is 18.3 Å². The number of rotatable bonds is 6. The Morgan fingerprint density at radius 1 is 0.784 bits per heavy atom. The number of para-hydroxylation sites is 1. The Morgan fingerprint density at radius 3 is 2.41 bits per heavy atom. The molecule has 0 bridgehead atoms. The predicted molar refractivity (Wildman–Crippen MR) is 140 cm³/mol. The Balaban J connectivity index is 1.55. The Bertz CT molecular complexity index is 1800. The van der Waals surface area contributed by atoms with Crippen LogP contribution in [0.3, 0.4) is 0 Å². The average Bonchev–Trinajstić information content (AvgIpc) is 3.37. The maximum Gasteiger partial charge on any atom is 0.336 e. The highest BCUT2D eigenvalue weighted by atomic mass is 19.1. The van der Waals surface area contributed by atoms with E-state index >= 15 is 0 Å². The van der Waals surface area contributed by atoms with Gasteiger partial charge in [-0.3, -0.25) is 0 Å². The molecule has 2 aromatic heterocycles. The molecule has 0 fully saturated rings. The highest BCUT2D eigenvalue weighted by Crippen LogP contribution is 2.40. The van der Waals surface area contributed by atoms with Crippen LogP contribution >= 0.6 is 0 Å². The zero-order valence-electron chi connectivity index (χ0n) is 19.9. The van der Waals surface area contributed by atoms with E-state index in [-0.39, 0.29) is 12.4 Å². The highest BCUT2D eigenvalue weighted by molar-refractivity contribution is 5.98. The number of benzene rings is 4. The summed E-state index contributed by atoms with van der Waals surface area (Å²) in [6.45, 7) is 0.0337. The average molecular weight is 493 g/mol. The largest absolute Gasteiger partial charge is 0.493 e. The van der Waals surface area contributed by atoms with E-state index in [9.17, 15) is 9.18 Å². The van der Waals surface area contributed by atoms with Gasteiger partial charge in [-0.1, -0.05) is 60.7 Å². The van der Waals surface area contributed by atoms with Gasteiger partial charge in [-0.05, 0) is 35.9 Å². The summed E-state index contributed by atoms with van der Waals surface area (Å²) in [6.07, 6.45) is 0. The van der Waals surface area contributed by atoms with Crippen molar-refractivity contribution in [1.29, 1.82) is 0 Å². The minimum atomic E-state index is -0.506. The second kappa shape index (κ2) is 9.32. The summed E-state index contributed by atoms with van der Waals surface area (Å²) in [5.74, 6) is 1.26. The molecule has 0 unspecified atom stereocenters. The summed E-state index contributed by atoms with van der Waals surface area (Å²) >= 11 is 0. The van der Waals surface area contributed by atoms with E-state index < -0.39 is 5.63 Å². The van der Waals surface area contributed by atoms with Crippen LogP contribution in [0.1, 0.15) is 5.56 Å². The lowest BCUT2D eigenvalue weighted by atomic mass is 10.00. The van der Waals surface area contributed by atoms with E-state index in [1.165, 1.54) is 12.1 Å². The SMILES string of the molecule is COc1cccc2cc(-c3cc(=O)oc4cc(-c5ccccc5)c(OCc5ccccc5F)cc34)oc12. The fourth-order valence-electron chi connectivity index (χ4n) is 4.46. The van der Waals surface area contributed by atoms with Gasteiger partial charge in [-0.2, -0.15) is 0 Å². The molecule has 0 saturated carbocycles. The van der Waals surface area contributed by atoms with Crippen LogP contribution in [0, 0.1) is 5.82 Å². The summed E-state index contributed by atoms with van der Waals surface area (Å²) in [4.78, 5) is 12.6. The lowest BCUT2D eigenvalue weighted by molar-refractivity contribution is 0.301. The van der Waals surface area contributed by atoms with Crippen molar-refractivity contribution in [2.75, 3.05) is 7.11 Å². The molecule has 0 atom stereocenters. The Kier molecular flexibility index (Phi) is 5.69. The summed E-state index contributed by atoms with van der Waals surface area (Å²) < 4.78 is 37.7. The van der Waals surface area contributed by atoms with Gasteiger partial charge in [0.2, 0.25) is 0 Å².